The smallest absolute Gasteiger partial charge is 0.232 e. The molecule has 7 heteroatoms. The number of sulfone groups is 1. The quantitative estimate of drug-likeness (QED) is 0.920. The zero-order valence-corrected chi connectivity index (χ0v) is 14.3. The van der Waals surface area contributed by atoms with Gasteiger partial charge in [0.1, 0.15) is 5.82 Å². The second-order valence-electron chi connectivity index (χ2n) is 6.54. The van der Waals surface area contributed by atoms with E-state index in [4.69, 9.17) is 0 Å². The van der Waals surface area contributed by atoms with Crippen LogP contribution < -0.4 is 10.2 Å². The zero-order valence-electron chi connectivity index (χ0n) is 13.5. The van der Waals surface area contributed by atoms with E-state index in [2.05, 4.69) is 45.3 Å². The molecule has 1 aromatic carbocycles. The van der Waals surface area contributed by atoms with Gasteiger partial charge < -0.3 is 10.2 Å². The molecule has 2 aromatic rings. The van der Waals surface area contributed by atoms with Crippen LogP contribution in [0.15, 0.2) is 36.5 Å². The summed E-state index contributed by atoms with van der Waals surface area (Å²) in [5.41, 5.74) is 2.44. The molecule has 2 aliphatic rings. The lowest BCUT2D eigenvalue weighted by Gasteiger charge is -2.23. The summed E-state index contributed by atoms with van der Waals surface area (Å²) < 4.78 is 23.2. The molecule has 0 amide bonds. The van der Waals surface area contributed by atoms with E-state index >= 15 is 0 Å². The summed E-state index contributed by atoms with van der Waals surface area (Å²) in [4.78, 5) is 11.2. The van der Waals surface area contributed by atoms with Crippen molar-refractivity contribution in [2.45, 2.75) is 31.8 Å². The van der Waals surface area contributed by atoms with Crippen molar-refractivity contribution in [3.05, 3.63) is 42.1 Å². The molecule has 0 bridgehead atoms. The predicted octanol–water partition coefficient (Wildman–Crippen LogP) is 2.16. The molecule has 126 valence electrons. The van der Waals surface area contributed by atoms with Gasteiger partial charge in [-0.25, -0.2) is 13.4 Å². The van der Waals surface area contributed by atoms with Gasteiger partial charge in [-0.3, -0.25) is 0 Å². The Kier molecular flexibility index (Phi) is 3.68. The molecule has 0 saturated carbocycles. The lowest BCUT2D eigenvalue weighted by molar-refractivity contribution is 0.602. The summed E-state index contributed by atoms with van der Waals surface area (Å²) in [6.45, 7) is 2.16. The summed E-state index contributed by atoms with van der Waals surface area (Å²) in [5, 5.41) is 3.24. The van der Waals surface area contributed by atoms with Crippen molar-refractivity contribution >= 4 is 27.3 Å². The SMILES string of the molecule is CC1Cc2ccccc2N1c1nccc(NC2CCS(=O)(=O)C2)n1. The Balaban J connectivity index is 1.59. The van der Waals surface area contributed by atoms with E-state index in [0.29, 0.717) is 24.2 Å². The average molecular weight is 344 g/mol. The standard InChI is InChI=1S/C17H20N4O2S/c1-12-10-13-4-2-3-5-15(13)21(12)17-18-8-6-16(20-17)19-14-7-9-24(22,23)11-14/h2-6,8,12,14H,7,9-11H2,1H3,(H,18,19,20). The molecule has 0 radical (unpaired) electrons. The third-order valence-corrected chi connectivity index (χ3v) is 6.42. The Morgan fingerprint density at radius 2 is 2.08 bits per heavy atom. The van der Waals surface area contributed by atoms with Crippen molar-refractivity contribution in [1.82, 2.24) is 9.97 Å². The van der Waals surface area contributed by atoms with Gasteiger partial charge in [0.15, 0.2) is 9.84 Å². The van der Waals surface area contributed by atoms with Crippen molar-refractivity contribution in [1.29, 1.82) is 0 Å². The van der Waals surface area contributed by atoms with Crippen molar-refractivity contribution in [3.8, 4) is 0 Å². The first-order valence-corrected chi connectivity index (χ1v) is 10.0. The molecular formula is C17H20N4O2S. The maximum absolute atomic E-state index is 11.6. The van der Waals surface area contributed by atoms with Crippen LogP contribution in [0.4, 0.5) is 17.5 Å². The monoisotopic (exact) mass is 344 g/mol. The highest BCUT2D eigenvalue weighted by molar-refractivity contribution is 7.91. The molecule has 2 atom stereocenters. The normalized spacial score (nSPS) is 24.8. The third-order valence-electron chi connectivity index (χ3n) is 4.65. The fourth-order valence-corrected chi connectivity index (χ4v) is 5.21. The molecule has 1 aromatic heterocycles. The molecule has 0 spiro atoms. The van der Waals surface area contributed by atoms with Gasteiger partial charge in [0, 0.05) is 24.0 Å². The van der Waals surface area contributed by atoms with E-state index in [1.165, 1.54) is 5.56 Å². The van der Waals surface area contributed by atoms with Crippen molar-refractivity contribution in [2.24, 2.45) is 0 Å². The number of anilines is 3. The Morgan fingerprint density at radius 3 is 2.88 bits per heavy atom. The van der Waals surface area contributed by atoms with Crippen LogP contribution >= 0.6 is 0 Å². The first kappa shape index (κ1) is 15.4. The molecule has 24 heavy (non-hydrogen) atoms. The molecule has 2 aliphatic heterocycles. The summed E-state index contributed by atoms with van der Waals surface area (Å²) >= 11 is 0. The zero-order chi connectivity index (χ0) is 16.7. The predicted molar refractivity (Wildman–Crippen MR) is 94.5 cm³/mol. The topological polar surface area (TPSA) is 75.2 Å². The Hall–Kier alpha value is -2.15. The van der Waals surface area contributed by atoms with Crippen LogP contribution in [0, 0.1) is 0 Å². The molecule has 0 aliphatic carbocycles. The molecule has 4 rings (SSSR count). The molecule has 2 unspecified atom stereocenters. The minimum absolute atomic E-state index is 0.0685. The highest BCUT2D eigenvalue weighted by atomic mass is 32.2. The Morgan fingerprint density at radius 1 is 1.25 bits per heavy atom. The van der Waals surface area contributed by atoms with Crippen LogP contribution in [-0.4, -0.2) is 42.0 Å². The van der Waals surface area contributed by atoms with E-state index in [1.807, 2.05) is 6.07 Å². The molecular weight excluding hydrogens is 324 g/mol. The molecule has 3 heterocycles. The van der Waals surface area contributed by atoms with Crippen LogP contribution in [0.3, 0.4) is 0 Å². The van der Waals surface area contributed by atoms with Crippen LogP contribution in [0.2, 0.25) is 0 Å². The van der Waals surface area contributed by atoms with Crippen molar-refractivity contribution in [2.75, 3.05) is 21.7 Å². The third kappa shape index (κ3) is 2.84. The van der Waals surface area contributed by atoms with Crippen LogP contribution in [0.25, 0.3) is 0 Å². The van der Waals surface area contributed by atoms with Gasteiger partial charge in [-0.2, -0.15) is 4.98 Å². The average Bonchev–Trinajstić information content (AvgIpc) is 3.05. The van der Waals surface area contributed by atoms with Gasteiger partial charge in [0.25, 0.3) is 0 Å². The maximum Gasteiger partial charge on any atom is 0.232 e. The summed E-state index contributed by atoms with van der Waals surface area (Å²) in [7, 11) is -2.91. The lowest BCUT2D eigenvalue weighted by atomic mass is 10.1. The molecule has 6 nitrogen and oxygen atoms in total. The number of benzene rings is 1. The van der Waals surface area contributed by atoms with Gasteiger partial charge in [-0.15, -0.1) is 0 Å². The van der Waals surface area contributed by atoms with E-state index in [0.717, 1.165) is 12.1 Å². The minimum atomic E-state index is -2.91. The number of nitrogens with one attached hydrogen (secondary N) is 1. The van der Waals surface area contributed by atoms with E-state index in [-0.39, 0.29) is 17.5 Å². The fourth-order valence-electron chi connectivity index (χ4n) is 3.53. The number of para-hydroxylation sites is 1. The van der Waals surface area contributed by atoms with Crippen LogP contribution in [0.1, 0.15) is 18.9 Å². The van der Waals surface area contributed by atoms with Gasteiger partial charge in [0.2, 0.25) is 5.95 Å². The summed E-state index contributed by atoms with van der Waals surface area (Å²) in [6.07, 6.45) is 3.32. The maximum atomic E-state index is 11.6. The van der Waals surface area contributed by atoms with Crippen molar-refractivity contribution < 1.29 is 8.42 Å². The highest BCUT2D eigenvalue weighted by Gasteiger charge is 2.30. The lowest BCUT2D eigenvalue weighted by Crippen LogP contribution is -2.27. The van der Waals surface area contributed by atoms with Gasteiger partial charge >= 0.3 is 0 Å². The summed E-state index contributed by atoms with van der Waals surface area (Å²) in [6, 6.07) is 10.3. The minimum Gasteiger partial charge on any atom is -0.366 e. The Labute approximate surface area is 141 Å². The second kappa shape index (κ2) is 5.73. The summed E-state index contributed by atoms with van der Waals surface area (Å²) in [5.74, 6) is 1.76. The highest BCUT2D eigenvalue weighted by Crippen LogP contribution is 2.36. The van der Waals surface area contributed by atoms with Gasteiger partial charge in [-0.1, -0.05) is 18.2 Å². The largest absolute Gasteiger partial charge is 0.366 e. The van der Waals surface area contributed by atoms with E-state index in [9.17, 15) is 8.42 Å². The van der Waals surface area contributed by atoms with Crippen LogP contribution in [0.5, 0.6) is 0 Å². The molecule has 1 saturated heterocycles. The number of rotatable bonds is 3. The van der Waals surface area contributed by atoms with Gasteiger partial charge in [0.05, 0.1) is 11.5 Å². The van der Waals surface area contributed by atoms with E-state index < -0.39 is 9.84 Å². The number of aromatic nitrogens is 2. The first-order chi connectivity index (χ1) is 11.5. The number of fused-ring (bicyclic) bond motifs is 1. The first-order valence-electron chi connectivity index (χ1n) is 8.19. The number of hydrogen-bond donors (Lipinski definition) is 1. The number of hydrogen-bond acceptors (Lipinski definition) is 6. The Bertz CT molecular complexity index is 868. The van der Waals surface area contributed by atoms with Crippen LogP contribution in [-0.2, 0) is 16.3 Å². The van der Waals surface area contributed by atoms with Gasteiger partial charge in [-0.05, 0) is 37.5 Å². The fraction of sp³-hybridized carbons (Fsp3) is 0.412. The molecule has 1 fully saturated rings. The van der Waals surface area contributed by atoms with Crippen molar-refractivity contribution in [3.63, 3.8) is 0 Å². The number of nitrogens with zero attached hydrogens (tertiary/aromatic N) is 3. The molecule has 1 N–H and O–H groups in total. The van der Waals surface area contributed by atoms with E-state index in [1.54, 1.807) is 12.3 Å². The second-order valence-corrected chi connectivity index (χ2v) is 8.77.